The molecule has 1 N–H and O–H groups in total. The number of hydrogen-bond donors (Lipinski definition) is 1. The van der Waals surface area contributed by atoms with Gasteiger partial charge >= 0.3 is 0 Å². The van der Waals surface area contributed by atoms with E-state index in [2.05, 4.69) is 26.1 Å². The molecule has 3 nitrogen and oxygen atoms in total. The molecule has 0 amide bonds. The van der Waals surface area contributed by atoms with Crippen LogP contribution in [-0.2, 0) is 16.9 Å². The van der Waals surface area contributed by atoms with Crippen molar-refractivity contribution in [3.8, 4) is 0 Å². The molecule has 2 rings (SSSR count). The van der Waals surface area contributed by atoms with E-state index in [1.165, 1.54) is 34.8 Å². The molecule has 114 valence electrons. The largest absolute Gasteiger partial charge is 0.368 e. The van der Waals surface area contributed by atoms with Gasteiger partial charge in [0.05, 0.1) is 5.69 Å². The normalized spacial score (nSPS) is 18.6. The molecule has 1 saturated carbocycles. The lowest BCUT2D eigenvalue weighted by atomic mass is 9.85. The smallest absolute Gasteiger partial charge is 0.125 e. The number of aromatic nitrogens is 1. The van der Waals surface area contributed by atoms with Gasteiger partial charge in [-0.2, -0.15) is 0 Å². The minimum absolute atomic E-state index is 0.104. The van der Waals surface area contributed by atoms with Crippen molar-refractivity contribution in [3.05, 3.63) is 15.6 Å². The van der Waals surface area contributed by atoms with Gasteiger partial charge < -0.3 is 10.1 Å². The van der Waals surface area contributed by atoms with E-state index in [-0.39, 0.29) is 5.60 Å². The van der Waals surface area contributed by atoms with Crippen LogP contribution < -0.4 is 5.32 Å². The second-order valence-corrected chi connectivity index (χ2v) is 7.08. The second kappa shape index (κ2) is 7.01. The first-order chi connectivity index (χ1) is 9.63. The number of thiazole rings is 1. The van der Waals surface area contributed by atoms with E-state index in [9.17, 15) is 0 Å². The van der Waals surface area contributed by atoms with Gasteiger partial charge in [0.15, 0.2) is 0 Å². The molecule has 1 aliphatic carbocycles. The molecular weight excluding hydrogens is 268 g/mol. The summed E-state index contributed by atoms with van der Waals surface area (Å²) < 4.78 is 6.21. The Morgan fingerprint density at radius 2 is 2.00 bits per heavy atom. The fourth-order valence-corrected chi connectivity index (χ4v) is 4.54. The highest BCUT2D eigenvalue weighted by Crippen LogP contribution is 2.43. The Hall–Kier alpha value is -0.450. The van der Waals surface area contributed by atoms with Crippen LogP contribution >= 0.6 is 11.3 Å². The van der Waals surface area contributed by atoms with Gasteiger partial charge in [-0.15, -0.1) is 11.3 Å². The number of hydrogen-bond acceptors (Lipinski definition) is 4. The van der Waals surface area contributed by atoms with Gasteiger partial charge in [-0.1, -0.05) is 33.1 Å². The monoisotopic (exact) mass is 296 g/mol. The molecule has 1 aromatic rings. The van der Waals surface area contributed by atoms with E-state index in [0.717, 1.165) is 26.0 Å². The molecule has 0 spiro atoms. The fraction of sp³-hybridized carbons (Fsp3) is 0.812. The molecule has 4 heteroatoms. The van der Waals surface area contributed by atoms with E-state index < -0.39 is 0 Å². The molecular formula is C16H28N2OS. The molecule has 0 atom stereocenters. The minimum atomic E-state index is -0.104. The van der Waals surface area contributed by atoms with Crippen molar-refractivity contribution < 1.29 is 4.74 Å². The zero-order chi connectivity index (χ0) is 14.6. The first-order valence-electron chi connectivity index (χ1n) is 7.91. The van der Waals surface area contributed by atoms with Crippen LogP contribution in [0.2, 0.25) is 0 Å². The lowest BCUT2D eigenvalue weighted by Gasteiger charge is -2.35. The Morgan fingerprint density at radius 3 is 2.55 bits per heavy atom. The summed E-state index contributed by atoms with van der Waals surface area (Å²) in [5, 5.41) is 4.49. The van der Waals surface area contributed by atoms with Crippen LogP contribution in [0.1, 0.15) is 74.4 Å². The van der Waals surface area contributed by atoms with Crippen molar-refractivity contribution in [2.24, 2.45) is 0 Å². The maximum Gasteiger partial charge on any atom is 0.125 e. The summed E-state index contributed by atoms with van der Waals surface area (Å²) in [4.78, 5) is 6.37. The summed E-state index contributed by atoms with van der Waals surface area (Å²) in [6.07, 6.45) is 6.12. The third-order valence-corrected chi connectivity index (χ3v) is 5.34. The van der Waals surface area contributed by atoms with Crippen LogP contribution in [0, 0.1) is 0 Å². The van der Waals surface area contributed by atoms with Gasteiger partial charge in [-0.05, 0) is 32.7 Å². The van der Waals surface area contributed by atoms with E-state index in [1.54, 1.807) is 0 Å². The predicted octanol–water partition coefficient (Wildman–Crippen LogP) is 4.18. The van der Waals surface area contributed by atoms with Crippen molar-refractivity contribution in [1.82, 2.24) is 10.3 Å². The summed E-state index contributed by atoms with van der Waals surface area (Å²) in [6, 6.07) is 0. The van der Waals surface area contributed by atoms with Crippen LogP contribution in [0.5, 0.6) is 0 Å². The molecule has 1 aliphatic rings. The Bertz CT molecular complexity index is 417. The number of nitrogens with one attached hydrogen (secondary N) is 1. The Balaban J connectivity index is 2.35. The Labute approximate surface area is 127 Å². The molecule has 1 fully saturated rings. The third kappa shape index (κ3) is 3.23. The molecule has 20 heavy (non-hydrogen) atoms. The van der Waals surface area contributed by atoms with Crippen molar-refractivity contribution >= 4 is 11.3 Å². The van der Waals surface area contributed by atoms with Crippen LogP contribution in [-0.4, -0.2) is 18.6 Å². The highest BCUT2D eigenvalue weighted by Gasteiger charge is 2.38. The SMILES string of the molecule is CCOC1(c2nc(C(C)C)c(CNC)s2)CCCCC1. The number of rotatable bonds is 6. The summed E-state index contributed by atoms with van der Waals surface area (Å²) in [5.74, 6) is 0.477. The summed E-state index contributed by atoms with van der Waals surface area (Å²) in [7, 11) is 2.00. The van der Waals surface area contributed by atoms with Gasteiger partial charge in [0.2, 0.25) is 0 Å². The maximum atomic E-state index is 6.21. The Morgan fingerprint density at radius 1 is 1.30 bits per heavy atom. The van der Waals surface area contributed by atoms with Crippen molar-refractivity contribution in [2.45, 2.75) is 70.9 Å². The van der Waals surface area contributed by atoms with Gasteiger partial charge in [-0.3, -0.25) is 0 Å². The van der Waals surface area contributed by atoms with E-state index >= 15 is 0 Å². The highest BCUT2D eigenvalue weighted by atomic mass is 32.1. The predicted molar refractivity (Wildman–Crippen MR) is 85.4 cm³/mol. The fourth-order valence-electron chi connectivity index (χ4n) is 3.12. The van der Waals surface area contributed by atoms with Crippen LogP contribution in [0.25, 0.3) is 0 Å². The molecule has 0 saturated heterocycles. The first kappa shape index (κ1) is 15.9. The molecule has 1 aromatic heterocycles. The molecule has 0 unspecified atom stereocenters. The summed E-state index contributed by atoms with van der Waals surface area (Å²) in [6.45, 7) is 8.24. The van der Waals surface area contributed by atoms with Crippen molar-refractivity contribution in [1.29, 1.82) is 0 Å². The number of nitrogens with zero attached hydrogens (tertiary/aromatic N) is 1. The second-order valence-electron chi connectivity index (χ2n) is 6.00. The topological polar surface area (TPSA) is 34.1 Å². The molecule has 0 bridgehead atoms. The highest BCUT2D eigenvalue weighted by molar-refractivity contribution is 7.11. The lowest BCUT2D eigenvalue weighted by molar-refractivity contribution is -0.0705. The Kier molecular flexibility index (Phi) is 5.58. The van der Waals surface area contributed by atoms with Crippen molar-refractivity contribution in [2.75, 3.05) is 13.7 Å². The van der Waals surface area contributed by atoms with Gasteiger partial charge in [0, 0.05) is 18.0 Å². The molecule has 0 radical (unpaired) electrons. The quantitative estimate of drug-likeness (QED) is 0.855. The van der Waals surface area contributed by atoms with Crippen molar-refractivity contribution in [3.63, 3.8) is 0 Å². The van der Waals surface area contributed by atoms with E-state index in [4.69, 9.17) is 9.72 Å². The van der Waals surface area contributed by atoms with E-state index in [1.807, 2.05) is 18.4 Å². The molecule has 0 aromatic carbocycles. The molecule has 1 heterocycles. The van der Waals surface area contributed by atoms with Gasteiger partial charge in [-0.25, -0.2) is 4.98 Å². The van der Waals surface area contributed by atoms with Crippen LogP contribution in [0.3, 0.4) is 0 Å². The third-order valence-electron chi connectivity index (χ3n) is 4.08. The first-order valence-corrected chi connectivity index (χ1v) is 8.73. The van der Waals surface area contributed by atoms with Crippen LogP contribution in [0.15, 0.2) is 0 Å². The summed E-state index contributed by atoms with van der Waals surface area (Å²) in [5.41, 5.74) is 1.15. The summed E-state index contributed by atoms with van der Waals surface area (Å²) >= 11 is 1.86. The van der Waals surface area contributed by atoms with Crippen LogP contribution in [0.4, 0.5) is 0 Å². The average molecular weight is 296 g/mol. The average Bonchev–Trinajstić information content (AvgIpc) is 2.85. The molecule has 0 aliphatic heterocycles. The zero-order valence-corrected chi connectivity index (χ0v) is 14.1. The zero-order valence-electron chi connectivity index (χ0n) is 13.3. The number of ether oxygens (including phenoxy) is 1. The van der Waals surface area contributed by atoms with Gasteiger partial charge in [0.1, 0.15) is 10.6 Å². The van der Waals surface area contributed by atoms with E-state index in [0.29, 0.717) is 5.92 Å². The standard InChI is InChI=1S/C16H28N2OS/c1-5-19-16(9-7-6-8-10-16)15-18-14(12(2)3)13(20-15)11-17-4/h12,17H,5-11H2,1-4H3. The minimum Gasteiger partial charge on any atom is -0.368 e. The lowest BCUT2D eigenvalue weighted by Crippen LogP contribution is -2.32. The maximum absolute atomic E-state index is 6.21. The van der Waals surface area contributed by atoms with Gasteiger partial charge in [0.25, 0.3) is 0 Å².